The Morgan fingerprint density at radius 1 is 1.23 bits per heavy atom. The maximum Gasteiger partial charge on any atom is 0.330 e. The number of thiol groups is 1. The summed E-state index contributed by atoms with van der Waals surface area (Å²) >= 11 is 7.63. The van der Waals surface area contributed by atoms with Gasteiger partial charge >= 0.3 is 5.97 Å². The van der Waals surface area contributed by atoms with Gasteiger partial charge in [-0.3, -0.25) is 4.72 Å². The molecule has 1 N–H and O–H groups in total. The van der Waals surface area contributed by atoms with Crippen LogP contribution in [-0.4, -0.2) is 11.6 Å². The minimum Gasteiger partial charge on any atom is -0.457 e. The maximum atomic E-state index is 11.5. The van der Waals surface area contributed by atoms with E-state index in [0.717, 1.165) is 29.7 Å². The van der Waals surface area contributed by atoms with E-state index < -0.39 is 5.60 Å². The van der Waals surface area contributed by atoms with E-state index in [1.807, 2.05) is 39.0 Å². The lowest BCUT2D eigenvalue weighted by Crippen LogP contribution is -2.22. The van der Waals surface area contributed by atoms with Crippen molar-refractivity contribution in [3.05, 3.63) is 46.5 Å². The molecular weight excluding hydrogens is 410 g/mol. The van der Waals surface area contributed by atoms with Crippen molar-refractivity contribution in [1.29, 1.82) is 0 Å². The van der Waals surface area contributed by atoms with Gasteiger partial charge in [-0.2, -0.15) is 0 Å². The van der Waals surface area contributed by atoms with Crippen molar-refractivity contribution in [3.8, 4) is 0 Å². The smallest absolute Gasteiger partial charge is 0.330 e. The molecule has 26 heavy (non-hydrogen) atoms. The molecule has 0 amide bonds. The molecule has 1 aromatic rings. The molecule has 0 aromatic heterocycles. The SMILES string of the molecule is CC(C)(C)OC(=O)/C=C/CCCC(NS)c1ccc(Br)cc1.CC(C)C. The number of carbonyl (C=O) groups is 1. The number of ether oxygens (including phenoxy) is 1. The molecule has 0 aliphatic carbocycles. The predicted molar refractivity (Wildman–Crippen MR) is 118 cm³/mol. The van der Waals surface area contributed by atoms with Gasteiger partial charge < -0.3 is 4.74 Å². The van der Waals surface area contributed by atoms with Gasteiger partial charge in [0.05, 0.1) is 0 Å². The second kappa shape index (κ2) is 13.4. The fraction of sp³-hybridized carbons (Fsp3) is 0.571. The zero-order chi connectivity index (χ0) is 20.2. The molecule has 0 fully saturated rings. The quantitative estimate of drug-likeness (QED) is 0.214. The Hall–Kier alpha value is -0.780. The maximum absolute atomic E-state index is 11.5. The van der Waals surface area contributed by atoms with Gasteiger partial charge in [-0.15, -0.1) is 0 Å². The molecule has 0 bridgehead atoms. The van der Waals surface area contributed by atoms with Crippen molar-refractivity contribution in [3.63, 3.8) is 0 Å². The standard InChI is InChI=1S/C17H24BrNO2S.C4H10/c1-17(2,3)21-16(20)8-6-4-5-7-15(19-22)13-9-11-14(18)12-10-13;1-4(2)3/h6,8-12,15,19,22H,4-5,7H2,1-3H3;4H,1-3H3/b8-6+;. The van der Waals surface area contributed by atoms with Crippen LogP contribution in [-0.2, 0) is 9.53 Å². The molecule has 1 unspecified atom stereocenters. The van der Waals surface area contributed by atoms with Crippen LogP contribution in [0, 0.1) is 5.92 Å². The largest absolute Gasteiger partial charge is 0.457 e. The van der Waals surface area contributed by atoms with Crippen molar-refractivity contribution in [2.75, 3.05) is 0 Å². The van der Waals surface area contributed by atoms with E-state index in [0.29, 0.717) is 0 Å². The van der Waals surface area contributed by atoms with Crippen LogP contribution in [0.2, 0.25) is 0 Å². The molecule has 1 aromatic carbocycles. The summed E-state index contributed by atoms with van der Waals surface area (Å²) in [6, 6.07) is 8.40. The fourth-order valence-electron chi connectivity index (χ4n) is 1.96. The Bertz CT molecular complexity index is 533. The van der Waals surface area contributed by atoms with Gasteiger partial charge in [0, 0.05) is 16.6 Å². The first kappa shape index (κ1) is 25.2. The van der Waals surface area contributed by atoms with Gasteiger partial charge in [0.1, 0.15) is 5.60 Å². The topological polar surface area (TPSA) is 38.3 Å². The minimum absolute atomic E-state index is 0.200. The average Bonchev–Trinajstić information content (AvgIpc) is 2.50. The summed E-state index contributed by atoms with van der Waals surface area (Å²) in [6.45, 7) is 12.1. The summed E-state index contributed by atoms with van der Waals surface area (Å²) < 4.78 is 9.31. The molecule has 5 heteroatoms. The molecule has 0 radical (unpaired) electrons. The van der Waals surface area contributed by atoms with Crippen LogP contribution in [0.25, 0.3) is 0 Å². The molecule has 0 saturated heterocycles. The van der Waals surface area contributed by atoms with Crippen molar-refractivity contribution < 1.29 is 9.53 Å². The summed E-state index contributed by atoms with van der Waals surface area (Å²) in [4.78, 5) is 11.5. The van der Waals surface area contributed by atoms with E-state index in [9.17, 15) is 4.79 Å². The van der Waals surface area contributed by atoms with E-state index in [1.54, 1.807) is 0 Å². The van der Waals surface area contributed by atoms with Crippen molar-refractivity contribution in [1.82, 2.24) is 4.72 Å². The Morgan fingerprint density at radius 2 is 1.77 bits per heavy atom. The highest BCUT2D eigenvalue weighted by Gasteiger charge is 2.13. The number of hydrogen-bond donors (Lipinski definition) is 2. The molecule has 0 spiro atoms. The number of carbonyl (C=O) groups excluding carboxylic acids is 1. The van der Waals surface area contributed by atoms with Gasteiger partial charge in [-0.1, -0.05) is 67.7 Å². The van der Waals surface area contributed by atoms with Crippen LogP contribution >= 0.6 is 28.7 Å². The van der Waals surface area contributed by atoms with E-state index in [-0.39, 0.29) is 12.0 Å². The second-order valence-electron chi connectivity index (χ2n) is 7.83. The van der Waals surface area contributed by atoms with Gasteiger partial charge in [0.15, 0.2) is 0 Å². The molecule has 3 nitrogen and oxygen atoms in total. The summed E-state index contributed by atoms with van der Waals surface area (Å²) in [5.41, 5.74) is 0.763. The third kappa shape index (κ3) is 14.4. The van der Waals surface area contributed by atoms with Crippen LogP contribution in [0.1, 0.15) is 72.4 Å². The lowest BCUT2D eigenvalue weighted by atomic mass is 10.0. The molecule has 0 aliphatic heterocycles. The number of hydrogen-bond acceptors (Lipinski definition) is 4. The zero-order valence-corrected chi connectivity index (χ0v) is 19.4. The van der Waals surface area contributed by atoms with Crippen LogP contribution in [0.15, 0.2) is 40.9 Å². The Kier molecular flexibility index (Phi) is 13.0. The zero-order valence-electron chi connectivity index (χ0n) is 16.9. The van der Waals surface area contributed by atoms with Crippen LogP contribution in [0.5, 0.6) is 0 Å². The van der Waals surface area contributed by atoms with Gasteiger partial charge in [0.2, 0.25) is 0 Å². The minimum atomic E-state index is -0.440. The monoisotopic (exact) mass is 443 g/mol. The van der Waals surface area contributed by atoms with Gasteiger partial charge in [-0.05, 0) is 63.6 Å². The van der Waals surface area contributed by atoms with Crippen molar-refractivity contribution >= 4 is 34.7 Å². The summed E-state index contributed by atoms with van der Waals surface area (Å²) in [6.07, 6.45) is 6.12. The highest BCUT2D eigenvalue weighted by atomic mass is 79.9. The van der Waals surface area contributed by atoms with Crippen molar-refractivity contribution in [2.45, 2.75) is 72.4 Å². The molecule has 1 atom stereocenters. The molecule has 0 aliphatic rings. The lowest BCUT2D eigenvalue weighted by molar-refractivity contribution is -0.148. The van der Waals surface area contributed by atoms with Crippen LogP contribution < -0.4 is 4.72 Å². The number of rotatable bonds is 7. The Balaban J connectivity index is 0.00000141. The number of esters is 1. The Morgan fingerprint density at radius 3 is 2.23 bits per heavy atom. The number of benzene rings is 1. The summed E-state index contributed by atoms with van der Waals surface area (Å²) in [5, 5.41) is 0. The van der Waals surface area contributed by atoms with E-state index >= 15 is 0 Å². The number of halogens is 1. The number of nitrogens with one attached hydrogen (secondary N) is 1. The number of allylic oxidation sites excluding steroid dienone is 1. The number of unbranched alkanes of at least 4 members (excludes halogenated alkanes) is 1. The van der Waals surface area contributed by atoms with E-state index in [1.165, 1.54) is 11.6 Å². The normalized spacial score (nSPS) is 12.7. The van der Waals surface area contributed by atoms with E-state index in [2.05, 4.69) is 66.4 Å². The highest BCUT2D eigenvalue weighted by molar-refractivity contribution is 9.10. The molecule has 0 saturated carbocycles. The highest BCUT2D eigenvalue weighted by Crippen LogP contribution is 2.22. The first-order chi connectivity index (χ1) is 12.0. The first-order valence-electron chi connectivity index (χ1n) is 9.09. The summed E-state index contributed by atoms with van der Waals surface area (Å²) in [7, 11) is 0. The molecular formula is C21H34BrNO2S. The predicted octanol–water partition coefficient (Wildman–Crippen LogP) is 6.66. The van der Waals surface area contributed by atoms with Crippen molar-refractivity contribution in [2.24, 2.45) is 5.92 Å². The summed E-state index contributed by atoms with van der Waals surface area (Å²) in [5.74, 6) is 0.546. The molecule has 0 heterocycles. The van der Waals surface area contributed by atoms with E-state index in [4.69, 9.17) is 4.74 Å². The van der Waals surface area contributed by atoms with Crippen LogP contribution in [0.3, 0.4) is 0 Å². The average molecular weight is 444 g/mol. The third-order valence-corrected chi connectivity index (χ3v) is 3.79. The second-order valence-corrected chi connectivity index (χ2v) is 9.01. The van der Waals surface area contributed by atoms with Gasteiger partial charge in [-0.25, -0.2) is 4.79 Å². The third-order valence-electron chi connectivity index (χ3n) is 2.95. The van der Waals surface area contributed by atoms with Gasteiger partial charge in [0.25, 0.3) is 0 Å². The van der Waals surface area contributed by atoms with Crippen LogP contribution in [0.4, 0.5) is 0 Å². The molecule has 1 rings (SSSR count). The Labute approximate surface area is 173 Å². The molecule has 148 valence electrons. The lowest BCUT2D eigenvalue weighted by Gasteiger charge is -2.18. The first-order valence-corrected chi connectivity index (χ1v) is 10.3. The fourth-order valence-corrected chi connectivity index (χ4v) is 2.50.